The van der Waals surface area contributed by atoms with E-state index >= 15 is 0 Å². The molecule has 2 amide bonds. The van der Waals surface area contributed by atoms with Gasteiger partial charge in [0.15, 0.2) is 0 Å². The molecule has 1 aliphatic carbocycles. The van der Waals surface area contributed by atoms with Crippen molar-refractivity contribution >= 4 is 11.8 Å². The second-order valence-corrected chi connectivity index (χ2v) is 6.69. The van der Waals surface area contributed by atoms with Gasteiger partial charge in [0, 0.05) is 18.7 Å². The summed E-state index contributed by atoms with van der Waals surface area (Å²) in [5.41, 5.74) is 3.19. The van der Waals surface area contributed by atoms with Crippen LogP contribution in [0.1, 0.15) is 41.3 Å². The number of nitrogens with zero attached hydrogens (tertiary/aromatic N) is 1. The summed E-state index contributed by atoms with van der Waals surface area (Å²) in [6.45, 7) is 2.97. The zero-order valence-electron chi connectivity index (χ0n) is 13.5. The quantitative estimate of drug-likeness (QED) is 0.878. The molecule has 2 unspecified atom stereocenters. The number of nitrogens with one attached hydrogen (secondary N) is 1. The third-order valence-corrected chi connectivity index (χ3v) is 5.03. The number of β-amino-alcohol motifs (C(OH)–C–C–N with tert-alkyl or cyclic N) is 1. The summed E-state index contributed by atoms with van der Waals surface area (Å²) in [5, 5.41) is 12.6. The van der Waals surface area contributed by atoms with E-state index < -0.39 is 6.10 Å². The fourth-order valence-corrected chi connectivity index (χ4v) is 3.36. The van der Waals surface area contributed by atoms with Crippen molar-refractivity contribution in [2.45, 2.75) is 38.7 Å². The summed E-state index contributed by atoms with van der Waals surface area (Å²) >= 11 is 0. The van der Waals surface area contributed by atoms with Crippen LogP contribution >= 0.6 is 0 Å². The Kier molecular flexibility index (Phi) is 4.66. The van der Waals surface area contributed by atoms with E-state index in [1.54, 1.807) is 4.90 Å². The van der Waals surface area contributed by atoms with Crippen molar-refractivity contribution < 1.29 is 14.7 Å². The van der Waals surface area contributed by atoms with E-state index in [9.17, 15) is 14.7 Å². The predicted octanol–water partition coefficient (Wildman–Crippen LogP) is 1.13. The molecule has 0 aromatic heterocycles. The highest BCUT2D eigenvalue weighted by Crippen LogP contribution is 2.22. The highest BCUT2D eigenvalue weighted by atomic mass is 16.3. The lowest BCUT2D eigenvalue weighted by Crippen LogP contribution is -2.49. The Morgan fingerprint density at radius 2 is 2.09 bits per heavy atom. The number of amides is 2. The normalized spacial score (nSPS) is 23.5. The van der Waals surface area contributed by atoms with Crippen LogP contribution in [-0.4, -0.2) is 47.6 Å². The lowest BCUT2D eigenvalue weighted by molar-refractivity contribution is -0.134. The van der Waals surface area contributed by atoms with Crippen molar-refractivity contribution in [2.24, 2.45) is 5.92 Å². The number of rotatable bonds is 3. The number of carbonyl (C=O) groups excluding carboxylic acids is 2. The summed E-state index contributed by atoms with van der Waals surface area (Å²) in [7, 11) is 0. The van der Waals surface area contributed by atoms with Crippen LogP contribution in [0, 0.1) is 5.92 Å². The van der Waals surface area contributed by atoms with Crippen molar-refractivity contribution in [1.29, 1.82) is 0 Å². The number of hydrogen-bond donors (Lipinski definition) is 2. The number of carbonyl (C=O) groups is 2. The largest absolute Gasteiger partial charge is 0.391 e. The third-order valence-electron chi connectivity index (χ3n) is 5.03. The predicted molar refractivity (Wildman–Crippen MR) is 87.2 cm³/mol. The number of piperidine rings is 1. The summed E-state index contributed by atoms with van der Waals surface area (Å²) in [5.74, 6) is -0.121. The van der Waals surface area contributed by atoms with Crippen LogP contribution in [0.3, 0.4) is 0 Å². The van der Waals surface area contributed by atoms with Crippen LogP contribution in [0.5, 0.6) is 0 Å². The lowest BCUT2D eigenvalue weighted by atomic mass is 9.96. The van der Waals surface area contributed by atoms with Crippen LogP contribution in [0.2, 0.25) is 0 Å². The molecule has 1 aromatic rings. The van der Waals surface area contributed by atoms with E-state index in [1.807, 2.05) is 25.1 Å². The van der Waals surface area contributed by atoms with Gasteiger partial charge in [0.05, 0.1) is 12.6 Å². The number of aliphatic hydroxyl groups excluding tert-OH is 1. The standard InChI is InChI=1S/C18H24N2O3/c1-12-7-8-20(11-16(12)21)17(22)10-19-18(23)15-6-5-13-3-2-4-14(13)9-15/h5-6,9,12,16,21H,2-4,7-8,10-11H2,1H3,(H,19,23). The third kappa shape index (κ3) is 3.55. The van der Waals surface area contributed by atoms with Crippen molar-refractivity contribution in [3.05, 3.63) is 34.9 Å². The van der Waals surface area contributed by atoms with Crippen LogP contribution in [0.25, 0.3) is 0 Å². The minimum atomic E-state index is -0.472. The van der Waals surface area contributed by atoms with Gasteiger partial charge in [-0.2, -0.15) is 0 Å². The number of fused-ring (bicyclic) bond motifs is 1. The molecule has 0 radical (unpaired) electrons. The molecule has 23 heavy (non-hydrogen) atoms. The molecule has 124 valence electrons. The average molecular weight is 316 g/mol. The van der Waals surface area contributed by atoms with Crippen LogP contribution in [0.4, 0.5) is 0 Å². The Labute approximate surface area is 136 Å². The van der Waals surface area contributed by atoms with E-state index in [0.29, 0.717) is 18.7 Å². The summed E-state index contributed by atoms with van der Waals surface area (Å²) in [6, 6.07) is 5.78. The molecule has 1 aromatic carbocycles. The fraction of sp³-hybridized carbons (Fsp3) is 0.556. The van der Waals surface area contributed by atoms with Gasteiger partial charge in [0.2, 0.25) is 5.91 Å². The maximum absolute atomic E-state index is 12.2. The van der Waals surface area contributed by atoms with Crippen LogP contribution < -0.4 is 5.32 Å². The van der Waals surface area contributed by atoms with Gasteiger partial charge in [0.25, 0.3) is 5.91 Å². The highest BCUT2D eigenvalue weighted by Gasteiger charge is 2.27. The van der Waals surface area contributed by atoms with Gasteiger partial charge < -0.3 is 15.3 Å². The first-order chi connectivity index (χ1) is 11.0. The second-order valence-electron chi connectivity index (χ2n) is 6.69. The lowest BCUT2D eigenvalue weighted by Gasteiger charge is -2.34. The van der Waals surface area contributed by atoms with Crippen LogP contribution in [0.15, 0.2) is 18.2 Å². The Morgan fingerprint density at radius 3 is 2.87 bits per heavy atom. The summed E-state index contributed by atoms with van der Waals surface area (Å²) in [6.07, 6.45) is 3.59. The topological polar surface area (TPSA) is 69.6 Å². The first kappa shape index (κ1) is 16.0. The molecule has 0 bridgehead atoms. The van der Waals surface area contributed by atoms with Crippen molar-refractivity contribution in [3.8, 4) is 0 Å². The molecule has 0 saturated carbocycles. The van der Waals surface area contributed by atoms with E-state index in [4.69, 9.17) is 0 Å². The number of aryl methyl sites for hydroxylation is 2. The second kappa shape index (κ2) is 6.71. The molecule has 1 heterocycles. The molecule has 0 spiro atoms. The Balaban J connectivity index is 1.53. The number of aliphatic hydroxyl groups is 1. The monoisotopic (exact) mass is 316 g/mol. The molecule has 2 atom stereocenters. The molecular weight excluding hydrogens is 292 g/mol. The SMILES string of the molecule is CC1CCN(C(=O)CNC(=O)c2ccc3c(c2)CCC3)CC1O. The molecule has 1 fully saturated rings. The van der Waals surface area contributed by atoms with E-state index in [1.165, 1.54) is 11.1 Å². The fourth-order valence-electron chi connectivity index (χ4n) is 3.36. The minimum absolute atomic E-state index is 0.0168. The van der Waals surface area contributed by atoms with E-state index in [2.05, 4.69) is 5.32 Å². The Morgan fingerprint density at radius 1 is 1.30 bits per heavy atom. The van der Waals surface area contributed by atoms with Gasteiger partial charge in [-0.1, -0.05) is 13.0 Å². The van der Waals surface area contributed by atoms with Gasteiger partial charge in [-0.05, 0) is 54.9 Å². The zero-order chi connectivity index (χ0) is 16.4. The van der Waals surface area contributed by atoms with Gasteiger partial charge >= 0.3 is 0 Å². The number of benzene rings is 1. The van der Waals surface area contributed by atoms with Gasteiger partial charge in [0.1, 0.15) is 0 Å². The zero-order valence-corrected chi connectivity index (χ0v) is 13.5. The molecule has 2 N–H and O–H groups in total. The maximum atomic E-state index is 12.2. The van der Waals surface area contributed by atoms with Gasteiger partial charge in [-0.3, -0.25) is 9.59 Å². The van der Waals surface area contributed by atoms with Crippen molar-refractivity contribution in [2.75, 3.05) is 19.6 Å². The highest BCUT2D eigenvalue weighted by molar-refractivity contribution is 5.96. The molecule has 1 aliphatic heterocycles. The van der Waals surface area contributed by atoms with Crippen molar-refractivity contribution in [1.82, 2.24) is 10.2 Å². The summed E-state index contributed by atoms with van der Waals surface area (Å²) < 4.78 is 0. The molecular formula is C18H24N2O3. The van der Waals surface area contributed by atoms with Gasteiger partial charge in [-0.15, -0.1) is 0 Å². The number of hydrogen-bond acceptors (Lipinski definition) is 3. The maximum Gasteiger partial charge on any atom is 0.251 e. The molecule has 3 rings (SSSR count). The number of likely N-dealkylation sites (tertiary alicyclic amines) is 1. The smallest absolute Gasteiger partial charge is 0.251 e. The first-order valence-corrected chi connectivity index (χ1v) is 8.40. The minimum Gasteiger partial charge on any atom is -0.391 e. The van der Waals surface area contributed by atoms with Crippen LogP contribution in [-0.2, 0) is 17.6 Å². The summed E-state index contributed by atoms with van der Waals surface area (Å²) in [4.78, 5) is 26.0. The van der Waals surface area contributed by atoms with Crippen molar-refractivity contribution in [3.63, 3.8) is 0 Å². The van der Waals surface area contributed by atoms with E-state index in [-0.39, 0.29) is 24.3 Å². The average Bonchev–Trinajstić information content (AvgIpc) is 3.02. The molecule has 1 saturated heterocycles. The van der Waals surface area contributed by atoms with E-state index in [0.717, 1.165) is 25.7 Å². The molecule has 2 aliphatic rings. The Hall–Kier alpha value is -1.88. The Bertz CT molecular complexity index is 614. The van der Waals surface area contributed by atoms with Gasteiger partial charge in [-0.25, -0.2) is 0 Å². The molecule has 5 nitrogen and oxygen atoms in total. The first-order valence-electron chi connectivity index (χ1n) is 8.40. The molecule has 5 heteroatoms.